The number of anilines is 1. The molecule has 0 aliphatic carbocycles. The van der Waals surface area contributed by atoms with E-state index in [1.807, 2.05) is 19.1 Å². The number of amides is 1. The second-order valence-electron chi connectivity index (χ2n) is 3.62. The number of nitrogens with zero attached hydrogens (tertiary/aromatic N) is 1. The van der Waals surface area contributed by atoms with Crippen LogP contribution in [0.25, 0.3) is 0 Å². The third-order valence-electron chi connectivity index (χ3n) is 2.26. The molecule has 0 heterocycles. The van der Waals surface area contributed by atoms with E-state index in [9.17, 15) is 4.79 Å². The van der Waals surface area contributed by atoms with Gasteiger partial charge in [-0.05, 0) is 31.5 Å². The van der Waals surface area contributed by atoms with Gasteiger partial charge < -0.3 is 10.6 Å². The summed E-state index contributed by atoms with van der Waals surface area (Å²) in [5, 5.41) is 0.650. The molecule has 0 aliphatic rings. The van der Waals surface area contributed by atoms with Crippen molar-refractivity contribution in [2.24, 2.45) is 5.73 Å². The Morgan fingerprint density at radius 2 is 2.06 bits per heavy atom. The molecule has 0 radical (unpaired) electrons. The Bertz CT molecular complexity index is 380. The van der Waals surface area contributed by atoms with Crippen molar-refractivity contribution in [3.8, 4) is 0 Å². The molecule has 1 atom stereocenters. The van der Waals surface area contributed by atoms with E-state index >= 15 is 0 Å². The summed E-state index contributed by atoms with van der Waals surface area (Å²) in [6.07, 6.45) is 0. The first-order valence-electron chi connectivity index (χ1n) is 4.72. The first-order chi connectivity index (χ1) is 6.93. The van der Waals surface area contributed by atoms with Gasteiger partial charge >= 0.3 is 0 Å². The number of carbonyl (C=O) groups is 1. The van der Waals surface area contributed by atoms with Crippen LogP contribution >= 0.6 is 24.0 Å². The molecule has 2 N–H and O–H groups in total. The molecule has 0 saturated heterocycles. The highest BCUT2D eigenvalue weighted by Gasteiger charge is 2.15. The standard InChI is InChI=1S/C11H15ClN2O.ClH/c1-7-4-5-9(6-10(7)12)14(3)11(15)8(2)13;/h4-6,8H,13H2,1-3H3;1H/t8-;/m1./s1. The minimum absolute atomic E-state index is 0. The van der Waals surface area contributed by atoms with Gasteiger partial charge in [-0.2, -0.15) is 0 Å². The van der Waals surface area contributed by atoms with Crippen LogP contribution in [0.3, 0.4) is 0 Å². The molecule has 0 aliphatic heterocycles. The maximum absolute atomic E-state index is 11.6. The van der Waals surface area contributed by atoms with Gasteiger partial charge in [-0.1, -0.05) is 17.7 Å². The average Bonchev–Trinajstić information content (AvgIpc) is 2.19. The molecule has 1 aromatic carbocycles. The number of hydrogen-bond donors (Lipinski definition) is 1. The summed E-state index contributed by atoms with van der Waals surface area (Å²) in [4.78, 5) is 13.1. The van der Waals surface area contributed by atoms with Gasteiger partial charge in [0.2, 0.25) is 5.91 Å². The molecule has 3 nitrogen and oxygen atoms in total. The van der Waals surface area contributed by atoms with Gasteiger partial charge in [-0.15, -0.1) is 12.4 Å². The molecule has 0 saturated carbocycles. The summed E-state index contributed by atoms with van der Waals surface area (Å²) >= 11 is 5.97. The highest BCUT2D eigenvalue weighted by molar-refractivity contribution is 6.31. The van der Waals surface area contributed by atoms with E-state index in [1.165, 1.54) is 4.90 Å². The average molecular weight is 263 g/mol. The fourth-order valence-corrected chi connectivity index (χ4v) is 1.40. The molecule has 1 aromatic rings. The number of carbonyl (C=O) groups excluding carboxylic acids is 1. The fourth-order valence-electron chi connectivity index (χ4n) is 1.22. The van der Waals surface area contributed by atoms with E-state index in [0.29, 0.717) is 5.02 Å². The van der Waals surface area contributed by atoms with Crippen molar-refractivity contribution < 1.29 is 4.79 Å². The van der Waals surface area contributed by atoms with Crippen LogP contribution in [0.15, 0.2) is 18.2 Å². The van der Waals surface area contributed by atoms with Crippen LogP contribution in [-0.2, 0) is 4.79 Å². The van der Waals surface area contributed by atoms with E-state index in [2.05, 4.69) is 0 Å². The van der Waals surface area contributed by atoms with Crippen LogP contribution in [0.2, 0.25) is 5.02 Å². The van der Waals surface area contributed by atoms with Crippen molar-refractivity contribution in [2.45, 2.75) is 19.9 Å². The third-order valence-corrected chi connectivity index (χ3v) is 2.67. The van der Waals surface area contributed by atoms with Crippen LogP contribution in [0.1, 0.15) is 12.5 Å². The number of aryl methyl sites for hydroxylation is 1. The lowest BCUT2D eigenvalue weighted by atomic mass is 10.2. The van der Waals surface area contributed by atoms with Gasteiger partial charge in [-0.25, -0.2) is 0 Å². The van der Waals surface area contributed by atoms with Crippen LogP contribution in [-0.4, -0.2) is 19.0 Å². The minimum atomic E-state index is -0.505. The molecule has 1 amide bonds. The molecule has 0 unspecified atom stereocenters. The second-order valence-corrected chi connectivity index (χ2v) is 4.03. The minimum Gasteiger partial charge on any atom is -0.320 e. The van der Waals surface area contributed by atoms with Crippen molar-refractivity contribution >= 4 is 35.6 Å². The molecule has 0 fully saturated rings. The zero-order valence-electron chi connectivity index (χ0n) is 9.53. The molecular weight excluding hydrogens is 247 g/mol. The smallest absolute Gasteiger partial charge is 0.243 e. The maximum atomic E-state index is 11.6. The van der Waals surface area contributed by atoms with Crippen molar-refractivity contribution in [1.29, 1.82) is 0 Å². The quantitative estimate of drug-likeness (QED) is 0.890. The lowest BCUT2D eigenvalue weighted by Crippen LogP contribution is -2.39. The highest BCUT2D eigenvalue weighted by Crippen LogP contribution is 2.22. The van der Waals surface area contributed by atoms with Gasteiger partial charge in [0.25, 0.3) is 0 Å². The van der Waals surface area contributed by atoms with E-state index in [1.54, 1.807) is 20.0 Å². The molecule has 16 heavy (non-hydrogen) atoms. The Hall–Kier alpha value is -0.770. The van der Waals surface area contributed by atoms with Crippen molar-refractivity contribution in [3.63, 3.8) is 0 Å². The largest absolute Gasteiger partial charge is 0.320 e. The van der Waals surface area contributed by atoms with Crippen LogP contribution < -0.4 is 10.6 Å². The van der Waals surface area contributed by atoms with Crippen molar-refractivity contribution in [3.05, 3.63) is 28.8 Å². The Morgan fingerprint density at radius 3 is 2.50 bits per heavy atom. The van der Waals surface area contributed by atoms with Gasteiger partial charge in [0.05, 0.1) is 6.04 Å². The van der Waals surface area contributed by atoms with Crippen LogP contribution in [0.5, 0.6) is 0 Å². The van der Waals surface area contributed by atoms with E-state index in [4.69, 9.17) is 17.3 Å². The maximum Gasteiger partial charge on any atom is 0.243 e. The summed E-state index contributed by atoms with van der Waals surface area (Å²) in [6, 6.07) is 4.98. The van der Waals surface area contributed by atoms with Crippen molar-refractivity contribution in [1.82, 2.24) is 0 Å². The highest BCUT2D eigenvalue weighted by atomic mass is 35.5. The Morgan fingerprint density at radius 1 is 1.50 bits per heavy atom. The Labute approximate surface area is 107 Å². The number of hydrogen-bond acceptors (Lipinski definition) is 2. The topological polar surface area (TPSA) is 46.3 Å². The summed E-state index contributed by atoms with van der Waals surface area (Å²) in [5.41, 5.74) is 7.26. The Balaban J connectivity index is 0.00000225. The summed E-state index contributed by atoms with van der Waals surface area (Å²) < 4.78 is 0. The predicted octanol–water partition coefficient (Wildman–Crippen LogP) is 2.38. The zero-order chi connectivity index (χ0) is 11.6. The van der Waals surface area contributed by atoms with Crippen molar-refractivity contribution in [2.75, 3.05) is 11.9 Å². The molecular formula is C11H16Cl2N2O. The summed E-state index contributed by atoms with van der Waals surface area (Å²) in [6.45, 7) is 3.58. The lowest BCUT2D eigenvalue weighted by molar-refractivity contribution is -0.119. The monoisotopic (exact) mass is 262 g/mol. The Kier molecular flexibility index (Phi) is 5.79. The SMILES string of the molecule is Cc1ccc(N(C)C(=O)[C@@H](C)N)cc1Cl.Cl. The number of rotatable bonds is 2. The predicted molar refractivity (Wildman–Crippen MR) is 70.5 cm³/mol. The molecule has 0 aromatic heterocycles. The zero-order valence-corrected chi connectivity index (χ0v) is 11.1. The summed E-state index contributed by atoms with van der Waals surface area (Å²) in [5.74, 6) is -0.130. The number of benzene rings is 1. The number of likely N-dealkylation sites (N-methyl/N-ethyl adjacent to an activating group) is 1. The fraction of sp³-hybridized carbons (Fsp3) is 0.364. The molecule has 0 bridgehead atoms. The second kappa shape index (κ2) is 6.09. The third kappa shape index (κ3) is 3.37. The first kappa shape index (κ1) is 15.2. The molecule has 5 heteroatoms. The normalized spacial score (nSPS) is 11.6. The van der Waals surface area contributed by atoms with Crippen LogP contribution in [0.4, 0.5) is 5.69 Å². The van der Waals surface area contributed by atoms with E-state index in [0.717, 1.165) is 11.3 Å². The van der Waals surface area contributed by atoms with E-state index in [-0.39, 0.29) is 18.3 Å². The van der Waals surface area contributed by atoms with E-state index < -0.39 is 6.04 Å². The van der Waals surface area contributed by atoms with Gasteiger partial charge in [0.1, 0.15) is 0 Å². The van der Waals surface area contributed by atoms with Gasteiger partial charge in [0.15, 0.2) is 0 Å². The molecule has 90 valence electrons. The number of nitrogens with two attached hydrogens (primary N) is 1. The van der Waals surface area contributed by atoms with Gasteiger partial charge in [-0.3, -0.25) is 4.79 Å². The first-order valence-corrected chi connectivity index (χ1v) is 5.10. The molecule has 0 spiro atoms. The lowest BCUT2D eigenvalue weighted by Gasteiger charge is -2.19. The van der Waals surface area contributed by atoms with Crippen LogP contribution in [0, 0.1) is 6.92 Å². The number of halogens is 2. The molecule has 1 rings (SSSR count). The summed E-state index contributed by atoms with van der Waals surface area (Å²) in [7, 11) is 1.69. The van der Waals surface area contributed by atoms with Gasteiger partial charge in [0, 0.05) is 17.8 Å².